The Hall–Kier alpha value is -2.01. The van der Waals surface area contributed by atoms with E-state index >= 15 is 0 Å². The van der Waals surface area contributed by atoms with Crippen LogP contribution in [0.5, 0.6) is 0 Å². The van der Waals surface area contributed by atoms with E-state index in [1.54, 1.807) is 29.1 Å². The number of nitrogen functional groups attached to an aromatic ring is 1. The molecule has 19 heavy (non-hydrogen) atoms. The molecular formula is C13H15ClN4O. The molecule has 0 fully saturated rings. The third-order valence-corrected chi connectivity index (χ3v) is 2.98. The molecule has 0 aliphatic heterocycles. The summed E-state index contributed by atoms with van der Waals surface area (Å²) in [7, 11) is 1.81. The van der Waals surface area contributed by atoms with Crippen LogP contribution >= 0.6 is 11.6 Å². The highest BCUT2D eigenvalue weighted by atomic mass is 35.5. The van der Waals surface area contributed by atoms with Crippen LogP contribution in [0, 0.1) is 0 Å². The zero-order valence-corrected chi connectivity index (χ0v) is 11.5. The summed E-state index contributed by atoms with van der Waals surface area (Å²) in [6.45, 7) is 1.98. The highest BCUT2D eigenvalue weighted by molar-refractivity contribution is 6.31. The topological polar surface area (TPSA) is 72.9 Å². The Labute approximate surface area is 116 Å². The third kappa shape index (κ3) is 2.88. The van der Waals surface area contributed by atoms with Gasteiger partial charge >= 0.3 is 0 Å². The number of amides is 1. The predicted molar refractivity (Wildman–Crippen MR) is 76.4 cm³/mol. The van der Waals surface area contributed by atoms with Crippen molar-refractivity contribution in [1.82, 2.24) is 9.78 Å². The van der Waals surface area contributed by atoms with Crippen molar-refractivity contribution in [1.29, 1.82) is 0 Å². The van der Waals surface area contributed by atoms with Gasteiger partial charge < -0.3 is 11.1 Å². The Bertz CT molecular complexity index is 621. The quantitative estimate of drug-likeness (QED) is 0.847. The van der Waals surface area contributed by atoms with Crippen LogP contribution < -0.4 is 11.1 Å². The Morgan fingerprint density at radius 1 is 1.53 bits per heavy atom. The SMILES string of the molecule is CCc1nn(C)cc1NC(=O)c1ccc(Cl)cc1N. The first-order chi connectivity index (χ1) is 9.01. The lowest BCUT2D eigenvalue weighted by Gasteiger charge is -2.07. The molecule has 0 unspecified atom stereocenters. The molecular weight excluding hydrogens is 264 g/mol. The fraction of sp³-hybridized carbons (Fsp3) is 0.231. The van der Waals surface area contributed by atoms with Gasteiger partial charge in [-0.15, -0.1) is 0 Å². The van der Waals surface area contributed by atoms with Crippen molar-refractivity contribution in [3.05, 3.63) is 40.7 Å². The zero-order chi connectivity index (χ0) is 14.0. The minimum Gasteiger partial charge on any atom is -0.398 e. The van der Waals surface area contributed by atoms with Crippen molar-refractivity contribution in [3.63, 3.8) is 0 Å². The molecule has 5 nitrogen and oxygen atoms in total. The number of benzene rings is 1. The molecule has 6 heteroatoms. The largest absolute Gasteiger partial charge is 0.398 e. The van der Waals surface area contributed by atoms with Gasteiger partial charge in [-0.3, -0.25) is 9.48 Å². The van der Waals surface area contributed by atoms with Crippen molar-refractivity contribution in [2.75, 3.05) is 11.1 Å². The van der Waals surface area contributed by atoms with E-state index in [1.165, 1.54) is 0 Å². The third-order valence-electron chi connectivity index (χ3n) is 2.75. The maximum Gasteiger partial charge on any atom is 0.257 e. The second-order valence-electron chi connectivity index (χ2n) is 4.20. The standard InChI is InChI=1S/C13H15ClN4O/c1-3-11-12(7-18(2)17-11)16-13(19)9-5-4-8(14)6-10(9)15/h4-7H,3,15H2,1-2H3,(H,16,19). The molecule has 1 heterocycles. The minimum atomic E-state index is -0.267. The number of carbonyl (C=O) groups is 1. The molecule has 1 amide bonds. The van der Waals surface area contributed by atoms with Crippen LogP contribution in [0.25, 0.3) is 0 Å². The van der Waals surface area contributed by atoms with E-state index in [2.05, 4.69) is 10.4 Å². The summed E-state index contributed by atoms with van der Waals surface area (Å²) in [6.07, 6.45) is 2.51. The van der Waals surface area contributed by atoms with Crippen LogP contribution in [0.1, 0.15) is 23.0 Å². The van der Waals surface area contributed by atoms with Crippen LogP contribution in [-0.4, -0.2) is 15.7 Å². The van der Waals surface area contributed by atoms with Gasteiger partial charge in [-0.1, -0.05) is 18.5 Å². The first-order valence-electron chi connectivity index (χ1n) is 5.90. The van der Waals surface area contributed by atoms with E-state index in [0.717, 1.165) is 12.1 Å². The number of nitrogens with two attached hydrogens (primary N) is 1. The van der Waals surface area contributed by atoms with Crippen LogP contribution in [-0.2, 0) is 13.5 Å². The molecule has 0 aliphatic rings. The number of anilines is 2. The van der Waals surface area contributed by atoms with Crippen LogP contribution in [0.2, 0.25) is 5.02 Å². The van der Waals surface area contributed by atoms with Gasteiger partial charge in [0.1, 0.15) is 0 Å². The molecule has 2 aromatic rings. The average Bonchev–Trinajstić information content (AvgIpc) is 2.69. The Kier molecular flexibility index (Phi) is 3.76. The van der Waals surface area contributed by atoms with Crippen molar-refractivity contribution in [2.45, 2.75) is 13.3 Å². The second-order valence-corrected chi connectivity index (χ2v) is 4.64. The van der Waals surface area contributed by atoms with Crippen molar-refractivity contribution in [3.8, 4) is 0 Å². The van der Waals surface area contributed by atoms with E-state index in [0.29, 0.717) is 22.0 Å². The number of halogens is 1. The lowest BCUT2D eigenvalue weighted by Crippen LogP contribution is -2.14. The second kappa shape index (κ2) is 5.32. The molecule has 0 saturated heterocycles. The van der Waals surface area contributed by atoms with Crippen LogP contribution in [0.3, 0.4) is 0 Å². The number of hydrogen-bond donors (Lipinski definition) is 2. The van der Waals surface area contributed by atoms with Crippen molar-refractivity contribution in [2.24, 2.45) is 7.05 Å². The Morgan fingerprint density at radius 2 is 2.26 bits per heavy atom. The number of aromatic nitrogens is 2. The van der Waals surface area contributed by atoms with E-state index in [1.807, 2.05) is 14.0 Å². The van der Waals surface area contributed by atoms with Crippen molar-refractivity contribution < 1.29 is 4.79 Å². The molecule has 0 spiro atoms. The maximum atomic E-state index is 12.2. The summed E-state index contributed by atoms with van der Waals surface area (Å²) in [4.78, 5) is 12.2. The Morgan fingerprint density at radius 3 is 2.89 bits per heavy atom. The maximum absolute atomic E-state index is 12.2. The van der Waals surface area contributed by atoms with Gasteiger partial charge in [-0.05, 0) is 24.6 Å². The highest BCUT2D eigenvalue weighted by Crippen LogP contribution is 2.20. The summed E-state index contributed by atoms with van der Waals surface area (Å²) in [6, 6.07) is 4.80. The predicted octanol–water partition coefficient (Wildman–Crippen LogP) is 2.47. The van der Waals surface area contributed by atoms with Crippen LogP contribution in [0.15, 0.2) is 24.4 Å². The molecule has 0 radical (unpaired) electrons. The molecule has 0 atom stereocenters. The van der Waals surface area contributed by atoms with Crippen molar-refractivity contribution >= 4 is 28.9 Å². The smallest absolute Gasteiger partial charge is 0.257 e. The normalized spacial score (nSPS) is 10.5. The number of hydrogen-bond acceptors (Lipinski definition) is 3. The molecule has 100 valence electrons. The lowest BCUT2D eigenvalue weighted by atomic mass is 10.1. The number of nitrogens with one attached hydrogen (secondary N) is 1. The van der Waals surface area contributed by atoms with Gasteiger partial charge in [-0.25, -0.2) is 0 Å². The van der Waals surface area contributed by atoms with Gasteiger partial charge in [-0.2, -0.15) is 5.10 Å². The molecule has 3 N–H and O–H groups in total. The molecule has 1 aromatic heterocycles. The fourth-order valence-electron chi connectivity index (χ4n) is 1.83. The molecule has 2 rings (SSSR count). The number of rotatable bonds is 3. The average molecular weight is 279 g/mol. The van der Waals surface area contributed by atoms with Crippen LogP contribution in [0.4, 0.5) is 11.4 Å². The molecule has 0 saturated carbocycles. The van der Waals surface area contributed by atoms with Gasteiger partial charge in [0.05, 0.1) is 16.9 Å². The summed E-state index contributed by atoms with van der Waals surface area (Å²) in [5.74, 6) is -0.267. The van der Waals surface area contributed by atoms with Gasteiger partial charge in [0, 0.05) is 24.0 Å². The summed E-state index contributed by atoms with van der Waals surface area (Å²) < 4.78 is 1.67. The number of carbonyl (C=O) groups excluding carboxylic acids is 1. The first kappa shape index (κ1) is 13.4. The minimum absolute atomic E-state index is 0.267. The molecule has 1 aromatic carbocycles. The monoisotopic (exact) mass is 278 g/mol. The van der Waals surface area contributed by atoms with E-state index in [-0.39, 0.29) is 5.91 Å². The van der Waals surface area contributed by atoms with E-state index in [4.69, 9.17) is 17.3 Å². The number of nitrogens with zero attached hydrogens (tertiary/aromatic N) is 2. The van der Waals surface area contributed by atoms with Gasteiger partial charge in [0.15, 0.2) is 0 Å². The van der Waals surface area contributed by atoms with E-state index in [9.17, 15) is 4.79 Å². The first-order valence-corrected chi connectivity index (χ1v) is 6.28. The summed E-state index contributed by atoms with van der Waals surface area (Å²) in [5, 5.41) is 7.58. The molecule has 0 bridgehead atoms. The summed E-state index contributed by atoms with van der Waals surface area (Å²) >= 11 is 5.81. The van der Waals surface area contributed by atoms with E-state index < -0.39 is 0 Å². The summed E-state index contributed by atoms with van der Waals surface area (Å²) in [5.41, 5.74) is 8.07. The van der Waals surface area contributed by atoms with Gasteiger partial charge in [0.25, 0.3) is 5.91 Å². The fourth-order valence-corrected chi connectivity index (χ4v) is 2.01. The molecule has 0 aliphatic carbocycles. The lowest BCUT2D eigenvalue weighted by molar-refractivity contribution is 0.102. The zero-order valence-electron chi connectivity index (χ0n) is 10.8. The highest BCUT2D eigenvalue weighted by Gasteiger charge is 2.13. The number of aryl methyl sites for hydroxylation is 2. The Balaban J connectivity index is 2.25. The van der Waals surface area contributed by atoms with Gasteiger partial charge in [0.2, 0.25) is 0 Å².